The van der Waals surface area contributed by atoms with Crippen LogP contribution in [0.3, 0.4) is 0 Å². The number of benzene rings is 1. The topological polar surface area (TPSA) is 69.0 Å². The van der Waals surface area contributed by atoms with Gasteiger partial charge in [-0.05, 0) is 55.5 Å². The quantitative estimate of drug-likeness (QED) is 0.579. The first kappa shape index (κ1) is 21.1. The molecule has 0 aliphatic heterocycles. The van der Waals surface area contributed by atoms with Crippen molar-refractivity contribution < 1.29 is 22.7 Å². The van der Waals surface area contributed by atoms with Crippen molar-refractivity contribution in [1.82, 2.24) is 19.9 Å². The lowest BCUT2D eigenvalue weighted by atomic mass is 10.2. The van der Waals surface area contributed by atoms with Gasteiger partial charge in [-0.2, -0.15) is 0 Å². The molecule has 1 aliphatic rings. The van der Waals surface area contributed by atoms with Gasteiger partial charge in [0, 0.05) is 25.1 Å². The standard InChI is InChI=1S/C22H23F3N4O2/c1-14(16-6-7-16)27-20(30)11-10-19-28-18-3-2-12-26-21(18)29(19)13-15-4-8-17(9-5-15)31-22(23,24)25/h2-5,8-9,12,14,16H,6-7,10-11,13H2,1H3,(H,27,30)/t14-/m0/s1. The van der Waals surface area contributed by atoms with Gasteiger partial charge in [0.05, 0.1) is 6.54 Å². The van der Waals surface area contributed by atoms with Gasteiger partial charge in [-0.15, -0.1) is 13.2 Å². The van der Waals surface area contributed by atoms with Crippen LogP contribution in [0.15, 0.2) is 42.6 Å². The number of aryl methyl sites for hydroxylation is 1. The van der Waals surface area contributed by atoms with E-state index in [1.54, 1.807) is 24.4 Å². The number of hydrogen-bond donors (Lipinski definition) is 1. The number of halogens is 3. The van der Waals surface area contributed by atoms with E-state index in [1.807, 2.05) is 17.6 Å². The number of carbonyl (C=O) groups is 1. The molecule has 1 aromatic carbocycles. The van der Waals surface area contributed by atoms with E-state index in [2.05, 4.69) is 20.0 Å². The highest BCUT2D eigenvalue weighted by atomic mass is 19.4. The Labute approximate surface area is 177 Å². The highest BCUT2D eigenvalue weighted by Gasteiger charge is 2.31. The van der Waals surface area contributed by atoms with Crippen molar-refractivity contribution >= 4 is 17.1 Å². The van der Waals surface area contributed by atoms with Crippen molar-refractivity contribution in [2.45, 2.75) is 51.6 Å². The van der Waals surface area contributed by atoms with Crippen molar-refractivity contribution in [3.8, 4) is 5.75 Å². The number of fused-ring (bicyclic) bond motifs is 1. The number of carbonyl (C=O) groups excluding carboxylic acids is 1. The molecule has 0 bridgehead atoms. The van der Waals surface area contributed by atoms with Gasteiger partial charge in [0.25, 0.3) is 0 Å². The van der Waals surface area contributed by atoms with E-state index in [9.17, 15) is 18.0 Å². The molecule has 9 heteroatoms. The molecule has 1 amide bonds. The van der Waals surface area contributed by atoms with Crippen LogP contribution >= 0.6 is 0 Å². The Morgan fingerprint density at radius 3 is 2.68 bits per heavy atom. The molecule has 1 atom stereocenters. The largest absolute Gasteiger partial charge is 0.573 e. The summed E-state index contributed by atoms with van der Waals surface area (Å²) in [5.41, 5.74) is 2.15. The summed E-state index contributed by atoms with van der Waals surface area (Å²) < 4.78 is 42.9. The van der Waals surface area contributed by atoms with Crippen LogP contribution in [-0.2, 0) is 17.8 Å². The second-order valence-corrected chi connectivity index (χ2v) is 7.85. The number of nitrogens with zero attached hydrogens (tertiary/aromatic N) is 3. The normalized spacial score (nSPS) is 15.1. The van der Waals surface area contributed by atoms with E-state index >= 15 is 0 Å². The first-order valence-corrected chi connectivity index (χ1v) is 10.2. The summed E-state index contributed by atoms with van der Waals surface area (Å²) in [5.74, 6) is 1.01. The van der Waals surface area contributed by atoms with E-state index in [0.717, 1.165) is 18.4 Å². The average Bonchev–Trinajstić information content (AvgIpc) is 3.51. The Hall–Kier alpha value is -3.10. The van der Waals surface area contributed by atoms with Gasteiger partial charge in [-0.3, -0.25) is 4.79 Å². The van der Waals surface area contributed by atoms with Gasteiger partial charge in [0.2, 0.25) is 5.91 Å². The van der Waals surface area contributed by atoms with Gasteiger partial charge < -0.3 is 14.6 Å². The first-order valence-electron chi connectivity index (χ1n) is 10.2. The maximum atomic E-state index is 12.4. The molecule has 6 nitrogen and oxygen atoms in total. The van der Waals surface area contributed by atoms with Crippen molar-refractivity contribution in [1.29, 1.82) is 0 Å². The van der Waals surface area contributed by atoms with Gasteiger partial charge in [-0.25, -0.2) is 9.97 Å². The van der Waals surface area contributed by atoms with Crippen LogP contribution in [0, 0.1) is 5.92 Å². The molecular weight excluding hydrogens is 409 g/mol. The van der Waals surface area contributed by atoms with Crippen molar-refractivity contribution in [3.05, 3.63) is 54.0 Å². The Morgan fingerprint density at radius 1 is 1.26 bits per heavy atom. The molecule has 0 saturated heterocycles. The number of rotatable bonds is 8. The smallest absolute Gasteiger partial charge is 0.406 e. The molecule has 2 aromatic heterocycles. The average molecular weight is 432 g/mol. The second kappa shape index (κ2) is 8.56. The minimum atomic E-state index is -4.73. The Morgan fingerprint density at radius 2 is 2.00 bits per heavy atom. The highest BCUT2D eigenvalue weighted by Crippen LogP contribution is 2.32. The van der Waals surface area contributed by atoms with Crippen molar-refractivity contribution in [2.24, 2.45) is 5.92 Å². The van der Waals surface area contributed by atoms with Crippen LogP contribution < -0.4 is 10.1 Å². The second-order valence-electron chi connectivity index (χ2n) is 7.85. The van der Waals surface area contributed by atoms with Gasteiger partial charge >= 0.3 is 6.36 Å². The molecule has 164 valence electrons. The van der Waals surface area contributed by atoms with Crippen molar-refractivity contribution in [2.75, 3.05) is 0 Å². The summed E-state index contributed by atoms with van der Waals surface area (Å²) in [6.45, 7) is 2.40. The molecule has 4 rings (SSSR count). The summed E-state index contributed by atoms with van der Waals surface area (Å²) in [6, 6.07) is 9.52. The number of alkyl halides is 3. The lowest BCUT2D eigenvalue weighted by molar-refractivity contribution is -0.274. The Bertz CT molecular complexity index is 1060. The first-order chi connectivity index (χ1) is 14.8. The number of amides is 1. The molecule has 1 aliphatic carbocycles. The predicted octanol–water partition coefficient (Wildman–Crippen LogP) is 4.23. The zero-order chi connectivity index (χ0) is 22.0. The number of imidazole rings is 1. The molecule has 2 heterocycles. The maximum absolute atomic E-state index is 12.4. The molecule has 1 fully saturated rings. The van der Waals surface area contributed by atoms with Crippen LogP contribution in [-0.4, -0.2) is 32.8 Å². The van der Waals surface area contributed by atoms with E-state index < -0.39 is 6.36 Å². The van der Waals surface area contributed by atoms with Crippen LogP contribution in [0.5, 0.6) is 5.75 Å². The molecule has 0 unspecified atom stereocenters. The molecular formula is C22H23F3N4O2. The zero-order valence-electron chi connectivity index (χ0n) is 17.0. The lowest BCUT2D eigenvalue weighted by Gasteiger charge is -2.13. The highest BCUT2D eigenvalue weighted by molar-refractivity contribution is 5.77. The number of nitrogens with one attached hydrogen (secondary N) is 1. The Balaban J connectivity index is 1.49. The van der Waals surface area contributed by atoms with Crippen LogP contribution in [0.1, 0.15) is 37.6 Å². The molecule has 1 N–H and O–H groups in total. The SMILES string of the molecule is C[C@H](NC(=O)CCc1nc2cccnc2n1Cc1ccc(OC(F)(F)F)cc1)C1CC1. The van der Waals surface area contributed by atoms with Crippen molar-refractivity contribution in [3.63, 3.8) is 0 Å². The number of hydrogen-bond acceptors (Lipinski definition) is 4. The summed E-state index contributed by atoms with van der Waals surface area (Å²) >= 11 is 0. The summed E-state index contributed by atoms with van der Waals surface area (Å²) in [6.07, 6.45) is 0.00430. The number of pyridine rings is 1. The molecule has 31 heavy (non-hydrogen) atoms. The lowest BCUT2D eigenvalue weighted by Crippen LogP contribution is -2.34. The van der Waals surface area contributed by atoms with Gasteiger partial charge in [0.15, 0.2) is 5.65 Å². The zero-order valence-corrected chi connectivity index (χ0v) is 17.0. The fraction of sp³-hybridized carbons (Fsp3) is 0.409. The fourth-order valence-electron chi connectivity index (χ4n) is 3.61. The number of aromatic nitrogens is 3. The molecule has 0 radical (unpaired) electrons. The third kappa shape index (κ3) is 5.53. The van der Waals surface area contributed by atoms with E-state index in [-0.39, 0.29) is 17.7 Å². The van der Waals surface area contributed by atoms with Crippen LogP contribution in [0.4, 0.5) is 13.2 Å². The predicted molar refractivity (Wildman–Crippen MR) is 108 cm³/mol. The third-order valence-electron chi connectivity index (χ3n) is 5.37. The van der Waals surface area contributed by atoms with Gasteiger partial charge in [-0.1, -0.05) is 12.1 Å². The minimum absolute atomic E-state index is 0.0142. The summed E-state index contributed by atoms with van der Waals surface area (Å²) in [4.78, 5) is 21.3. The van der Waals surface area contributed by atoms with E-state index in [0.29, 0.717) is 42.3 Å². The molecule has 1 saturated carbocycles. The van der Waals surface area contributed by atoms with E-state index in [1.165, 1.54) is 12.1 Å². The van der Waals surface area contributed by atoms with Crippen LogP contribution in [0.25, 0.3) is 11.2 Å². The Kier molecular flexibility index (Phi) is 5.84. The minimum Gasteiger partial charge on any atom is -0.406 e. The fourth-order valence-corrected chi connectivity index (χ4v) is 3.61. The number of ether oxygens (including phenoxy) is 1. The third-order valence-corrected chi connectivity index (χ3v) is 5.37. The van der Waals surface area contributed by atoms with Crippen LogP contribution in [0.2, 0.25) is 0 Å². The summed E-state index contributed by atoms with van der Waals surface area (Å²) in [7, 11) is 0. The molecule has 3 aromatic rings. The summed E-state index contributed by atoms with van der Waals surface area (Å²) in [5, 5.41) is 3.04. The maximum Gasteiger partial charge on any atom is 0.573 e. The van der Waals surface area contributed by atoms with E-state index in [4.69, 9.17) is 0 Å². The monoisotopic (exact) mass is 432 g/mol. The van der Waals surface area contributed by atoms with Gasteiger partial charge in [0.1, 0.15) is 17.1 Å². The molecule has 0 spiro atoms.